The number of thiazole rings is 1. The Bertz CT molecular complexity index is 726. The minimum atomic E-state index is -0.361. The second-order valence-electron chi connectivity index (χ2n) is 9.03. The number of hydrogen-bond donors (Lipinski definition) is 1. The maximum Gasteiger partial charge on any atom is 0.248 e. The van der Waals surface area contributed by atoms with Crippen molar-refractivity contribution >= 4 is 28.3 Å². The molecule has 1 atom stereocenters. The standard InChI is InChI=1S/C20H27N3O3S/c1-26-16-11-21-19(27-16)22-17(24)15-3-2-4-23(15)18(25)20-8-12-5-13(9-20)7-14(6-12)10-20/h11-15H,2-10H2,1H3,(H,21,22,24). The van der Waals surface area contributed by atoms with E-state index >= 15 is 0 Å². The van der Waals surface area contributed by atoms with Gasteiger partial charge in [0.15, 0.2) is 10.2 Å². The van der Waals surface area contributed by atoms with Crippen LogP contribution in [0.1, 0.15) is 51.4 Å². The monoisotopic (exact) mass is 389 g/mol. The van der Waals surface area contributed by atoms with E-state index in [2.05, 4.69) is 10.3 Å². The fourth-order valence-electron chi connectivity index (χ4n) is 6.56. The van der Waals surface area contributed by atoms with Gasteiger partial charge in [0.2, 0.25) is 11.8 Å². The van der Waals surface area contributed by atoms with Gasteiger partial charge in [-0.05, 0) is 69.1 Å². The lowest BCUT2D eigenvalue weighted by molar-refractivity contribution is -0.160. The number of nitrogens with one attached hydrogen (secondary N) is 1. The lowest BCUT2D eigenvalue weighted by Gasteiger charge is -2.56. The number of amides is 2. The molecular formula is C20H27N3O3S. The van der Waals surface area contributed by atoms with E-state index in [-0.39, 0.29) is 23.3 Å². The zero-order valence-corrected chi connectivity index (χ0v) is 16.6. The third-order valence-electron chi connectivity index (χ3n) is 7.22. The van der Waals surface area contributed by atoms with Crippen molar-refractivity contribution in [1.29, 1.82) is 0 Å². The van der Waals surface area contributed by atoms with Gasteiger partial charge in [0.1, 0.15) is 6.04 Å². The van der Waals surface area contributed by atoms with Crippen LogP contribution in [-0.2, 0) is 9.59 Å². The molecule has 0 spiro atoms. The van der Waals surface area contributed by atoms with Crippen LogP contribution in [0.25, 0.3) is 0 Å². The van der Waals surface area contributed by atoms with Gasteiger partial charge in [-0.2, -0.15) is 0 Å². The molecule has 1 saturated heterocycles. The fraction of sp³-hybridized carbons (Fsp3) is 0.750. The number of anilines is 1. The Morgan fingerprint density at radius 2 is 1.89 bits per heavy atom. The number of methoxy groups -OCH3 is 1. The van der Waals surface area contributed by atoms with Crippen molar-refractivity contribution in [3.8, 4) is 5.06 Å². The lowest BCUT2D eigenvalue weighted by atomic mass is 9.49. The fourth-order valence-corrected chi connectivity index (χ4v) is 7.20. The summed E-state index contributed by atoms with van der Waals surface area (Å²) < 4.78 is 5.14. The first-order valence-corrected chi connectivity index (χ1v) is 11.0. The smallest absolute Gasteiger partial charge is 0.248 e. The van der Waals surface area contributed by atoms with Crippen LogP contribution < -0.4 is 10.1 Å². The van der Waals surface area contributed by atoms with E-state index in [4.69, 9.17) is 4.74 Å². The Morgan fingerprint density at radius 3 is 2.48 bits per heavy atom. The molecule has 6 rings (SSSR count). The molecule has 5 fully saturated rings. The highest BCUT2D eigenvalue weighted by molar-refractivity contribution is 7.17. The van der Waals surface area contributed by atoms with Gasteiger partial charge in [-0.25, -0.2) is 4.98 Å². The van der Waals surface area contributed by atoms with Crippen LogP contribution in [0, 0.1) is 23.2 Å². The number of carbonyl (C=O) groups excluding carboxylic acids is 2. The lowest BCUT2D eigenvalue weighted by Crippen LogP contribution is -2.56. The highest BCUT2D eigenvalue weighted by Crippen LogP contribution is 2.60. The number of likely N-dealkylation sites (tertiary alicyclic amines) is 1. The maximum atomic E-state index is 13.6. The predicted molar refractivity (Wildman–Crippen MR) is 103 cm³/mol. The van der Waals surface area contributed by atoms with Gasteiger partial charge in [0.05, 0.1) is 18.7 Å². The largest absolute Gasteiger partial charge is 0.486 e. The summed E-state index contributed by atoms with van der Waals surface area (Å²) in [4.78, 5) is 32.6. The Labute approximate surface area is 163 Å². The normalized spacial score (nSPS) is 36.9. The van der Waals surface area contributed by atoms with Gasteiger partial charge < -0.3 is 15.0 Å². The molecule has 7 heteroatoms. The summed E-state index contributed by atoms with van der Waals surface area (Å²) in [5.74, 6) is 2.35. The van der Waals surface area contributed by atoms with E-state index in [9.17, 15) is 9.59 Å². The van der Waals surface area contributed by atoms with Crippen molar-refractivity contribution in [3.05, 3.63) is 6.20 Å². The predicted octanol–water partition coefficient (Wildman–Crippen LogP) is 3.30. The van der Waals surface area contributed by atoms with Crippen molar-refractivity contribution < 1.29 is 14.3 Å². The molecule has 0 aromatic carbocycles. The second-order valence-corrected chi connectivity index (χ2v) is 10.0. The Morgan fingerprint density at radius 1 is 1.22 bits per heavy atom. The van der Waals surface area contributed by atoms with Crippen molar-refractivity contribution in [2.24, 2.45) is 23.2 Å². The van der Waals surface area contributed by atoms with E-state index in [1.54, 1.807) is 13.3 Å². The molecule has 1 aromatic rings. The minimum Gasteiger partial charge on any atom is -0.486 e. The number of carbonyl (C=O) groups is 2. The molecule has 146 valence electrons. The van der Waals surface area contributed by atoms with Gasteiger partial charge in [0.25, 0.3) is 0 Å². The summed E-state index contributed by atoms with van der Waals surface area (Å²) in [5, 5.41) is 4.09. The molecule has 5 aliphatic rings. The number of rotatable bonds is 4. The first-order valence-electron chi connectivity index (χ1n) is 10.2. The second kappa shape index (κ2) is 6.47. The SMILES string of the molecule is COc1cnc(NC(=O)C2CCCN2C(=O)C23CC4CC(CC(C4)C2)C3)s1. The molecule has 27 heavy (non-hydrogen) atoms. The van der Waals surface area contributed by atoms with Crippen LogP contribution in [0.2, 0.25) is 0 Å². The molecule has 4 aliphatic carbocycles. The van der Waals surface area contributed by atoms with Crippen LogP contribution in [0.5, 0.6) is 5.06 Å². The van der Waals surface area contributed by atoms with Crippen molar-refractivity contribution in [1.82, 2.24) is 9.88 Å². The summed E-state index contributed by atoms with van der Waals surface area (Å²) in [6.45, 7) is 0.708. The van der Waals surface area contributed by atoms with E-state index in [1.807, 2.05) is 4.90 Å². The van der Waals surface area contributed by atoms with Gasteiger partial charge >= 0.3 is 0 Å². The third-order valence-corrected chi connectivity index (χ3v) is 8.10. The average Bonchev–Trinajstić information content (AvgIpc) is 3.29. The minimum absolute atomic E-state index is 0.109. The molecule has 1 N–H and O–H groups in total. The molecule has 2 amide bonds. The Balaban J connectivity index is 1.32. The zero-order chi connectivity index (χ0) is 18.6. The van der Waals surface area contributed by atoms with E-state index in [0.717, 1.165) is 49.9 Å². The summed E-state index contributed by atoms with van der Waals surface area (Å²) in [5.41, 5.74) is -0.179. The van der Waals surface area contributed by atoms with E-state index < -0.39 is 0 Å². The third kappa shape index (κ3) is 2.94. The highest BCUT2D eigenvalue weighted by Gasteiger charge is 2.56. The maximum absolute atomic E-state index is 13.6. The molecular weight excluding hydrogens is 362 g/mol. The van der Waals surface area contributed by atoms with E-state index in [1.165, 1.54) is 30.6 Å². The van der Waals surface area contributed by atoms with Crippen LogP contribution >= 0.6 is 11.3 Å². The molecule has 4 saturated carbocycles. The number of aromatic nitrogens is 1. The van der Waals surface area contributed by atoms with Gasteiger partial charge in [-0.3, -0.25) is 9.59 Å². The molecule has 2 heterocycles. The molecule has 0 radical (unpaired) electrons. The molecule has 1 aromatic heterocycles. The van der Waals surface area contributed by atoms with Gasteiger partial charge in [-0.1, -0.05) is 11.3 Å². The van der Waals surface area contributed by atoms with Crippen LogP contribution in [-0.4, -0.2) is 41.4 Å². The van der Waals surface area contributed by atoms with Crippen LogP contribution in [0.3, 0.4) is 0 Å². The van der Waals surface area contributed by atoms with Gasteiger partial charge in [-0.15, -0.1) is 0 Å². The number of nitrogens with zero attached hydrogens (tertiary/aromatic N) is 2. The summed E-state index contributed by atoms with van der Waals surface area (Å²) in [7, 11) is 1.59. The summed E-state index contributed by atoms with van der Waals surface area (Å²) in [6.07, 6.45) is 10.4. The highest BCUT2D eigenvalue weighted by atomic mass is 32.1. The van der Waals surface area contributed by atoms with Crippen molar-refractivity contribution in [2.75, 3.05) is 19.0 Å². The quantitative estimate of drug-likeness (QED) is 0.858. The van der Waals surface area contributed by atoms with Crippen LogP contribution in [0.15, 0.2) is 6.20 Å². The van der Waals surface area contributed by atoms with Crippen molar-refractivity contribution in [3.63, 3.8) is 0 Å². The first-order chi connectivity index (χ1) is 13.1. The zero-order valence-electron chi connectivity index (χ0n) is 15.8. The van der Waals surface area contributed by atoms with Crippen LogP contribution in [0.4, 0.5) is 5.13 Å². The summed E-state index contributed by atoms with van der Waals surface area (Å²) in [6, 6.07) is -0.361. The number of ether oxygens (including phenoxy) is 1. The average molecular weight is 390 g/mol. The molecule has 6 nitrogen and oxygen atoms in total. The Hall–Kier alpha value is -1.63. The van der Waals surface area contributed by atoms with E-state index in [0.29, 0.717) is 16.7 Å². The first kappa shape index (κ1) is 17.5. The topological polar surface area (TPSA) is 71.5 Å². The summed E-state index contributed by atoms with van der Waals surface area (Å²) >= 11 is 1.31. The van der Waals surface area contributed by atoms with Gasteiger partial charge in [0, 0.05) is 6.54 Å². The van der Waals surface area contributed by atoms with Crippen molar-refractivity contribution in [2.45, 2.75) is 57.4 Å². The Kier molecular flexibility index (Phi) is 4.18. The number of hydrogen-bond acceptors (Lipinski definition) is 5. The molecule has 1 unspecified atom stereocenters. The molecule has 1 aliphatic heterocycles. The molecule has 4 bridgehead atoms.